The molecule has 1 aromatic heterocycles. The van der Waals surface area contributed by atoms with E-state index in [1.165, 1.54) is 17.7 Å². The van der Waals surface area contributed by atoms with Crippen molar-refractivity contribution in [3.8, 4) is 6.07 Å². The minimum atomic E-state index is -4.01. The summed E-state index contributed by atoms with van der Waals surface area (Å²) in [6, 6.07) is 13.9. The molecule has 212 valence electrons. The third-order valence-electron chi connectivity index (χ3n) is 7.24. The minimum Gasteiger partial charge on any atom is -0.368 e. The number of piperazine rings is 1. The maximum atomic E-state index is 13.4. The summed E-state index contributed by atoms with van der Waals surface area (Å²) in [5.74, 6) is -0.0880. The fourth-order valence-corrected chi connectivity index (χ4v) is 6.47. The Hall–Kier alpha value is -3.59. The number of amides is 1. The Bertz CT molecular complexity index is 1580. The summed E-state index contributed by atoms with van der Waals surface area (Å²) in [7, 11) is -4.01. The van der Waals surface area contributed by atoms with Crippen LogP contribution in [-0.4, -0.2) is 68.0 Å². The molecule has 0 saturated carbocycles. The molecule has 0 spiro atoms. The monoisotopic (exact) mass is 603 g/mol. The Morgan fingerprint density at radius 2 is 1.82 bits per heavy atom. The van der Waals surface area contributed by atoms with Gasteiger partial charge in [-0.05, 0) is 79.4 Å². The molecule has 1 atom stereocenters. The summed E-state index contributed by atoms with van der Waals surface area (Å²) in [6.45, 7) is 5.17. The van der Waals surface area contributed by atoms with Gasteiger partial charge in [0, 0.05) is 52.0 Å². The molecule has 1 fully saturated rings. The number of nitrogens with one attached hydrogen (secondary N) is 1. The number of fused-ring (bicyclic) bond motifs is 1. The number of rotatable bonds is 6. The number of hydrogen-bond donors (Lipinski definition) is 1. The highest BCUT2D eigenvalue weighted by Gasteiger charge is 2.31. The SMILES string of the molecule is C[C@H](C(=O)N1CCN(c2ccc(S(=O)(=O)Nc3nc(Cl)ncc3C#N)cc2)CC1)N1CCCc2cc(Cl)ccc21.[HH].[HH]. The summed E-state index contributed by atoms with van der Waals surface area (Å²) in [5, 5.41) is 9.74. The average molecular weight is 605 g/mol. The number of aryl methyl sites for hydroxylation is 1. The third-order valence-corrected chi connectivity index (χ3v) is 9.01. The van der Waals surface area contributed by atoms with Crippen molar-refractivity contribution in [3.63, 3.8) is 0 Å². The van der Waals surface area contributed by atoms with E-state index in [0.29, 0.717) is 31.2 Å². The summed E-state index contributed by atoms with van der Waals surface area (Å²) in [5.41, 5.74) is 3.06. The molecule has 0 aliphatic carbocycles. The Kier molecular flexibility index (Phi) is 8.03. The van der Waals surface area contributed by atoms with E-state index in [9.17, 15) is 18.5 Å². The highest BCUT2D eigenvalue weighted by molar-refractivity contribution is 7.92. The van der Waals surface area contributed by atoms with Crippen LogP contribution in [0.5, 0.6) is 0 Å². The first-order valence-electron chi connectivity index (χ1n) is 12.8. The molecule has 2 aliphatic heterocycles. The maximum Gasteiger partial charge on any atom is 0.263 e. The summed E-state index contributed by atoms with van der Waals surface area (Å²) < 4.78 is 28.1. The zero-order valence-electron chi connectivity index (χ0n) is 21.7. The first-order chi connectivity index (χ1) is 19.2. The van der Waals surface area contributed by atoms with Crippen molar-refractivity contribution < 1.29 is 16.1 Å². The molecule has 40 heavy (non-hydrogen) atoms. The van der Waals surface area contributed by atoms with Gasteiger partial charge >= 0.3 is 0 Å². The highest BCUT2D eigenvalue weighted by atomic mass is 35.5. The zero-order valence-corrected chi connectivity index (χ0v) is 24.0. The van der Waals surface area contributed by atoms with Gasteiger partial charge in [0.25, 0.3) is 10.0 Å². The van der Waals surface area contributed by atoms with Crippen molar-refractivity contribution in [3.05, 3.63) is 70.1 Å². The lowest BCUT2D eigenvalue weighted by Gasteiger charge is -2.41. The second-order valence-electron chi connectivity index (χ2n) is 9.67. The van der Waals surface area contributed by atoms with Gasteiger partial charge in [-0.15, -0.1) is 0 Å². The van der Waals surface area contributed by atoms with E-state index in [2.05, 4.69) is 24.5 Å². The van der Waals surface area contributed by atoms with Crippen molar-refractivity contribution >= 4 is 56.3 Å². The predicted molar refractivity (Wildman–Crippen MR) is 159 cm³/mol. The van der Waals surface area contributed by atoms with Gasteiger partial charge in [-0.1, -0.05) is 11.6 Å². The topological polar surface area (TPSA) is 123 Å². The van der Waals surface area contributed by atoms with Gasteiger partial charge in [-0.2, -0.15) is 10.2 Å². The summed E-state index contributed by atoms with van der Waals surface area (Å²) in [6.07, 6.45) is 3.09. The van der Waals surface area contributed by atoms with Crippen molar-refractivity contribution in [2.24, 2.45) is 0 Å². The molecule has 1 amide bonds. The number of nitrogens with zero attached hydrogens (tertiary/aromatic N) is 6. The van der Waals surface area contributed by atoms with Crippen LogP contribution in [0, 0.1) is 11.3 Å². The van der Waals surface area contributed by atoms with Crippen LogP contribution in [0.4, 0.5) is 17.2 Å². The highest BCUT2D eigenvalue weighted by Crippen LogP contribution is 2.31. The number of carbonyl (C=O) groups is 1. The first-order valence-corrected chi connectivity index (χ1v) is 15.0. The van der Waals surface area contributed by atoms with Crippen LogP contribution < -0.4 is 14.5 Å². The number of nitriles is 1. The molecular formula is C27H31Cl2N7O3S. The van der Waals surface area contributed by atoms with Gasteiger partial charge < -0.3 is 14.7 Å². The van der Waals surface area contributed by atoms with E-state index in [1.54, 1.807) is 12.1 Å². The number of aromatic nitrogens is 2. The Morgan fingerprint density at radius 1 is 1.10 bits per heavy atom. The van der Waals surface area contributed by atoms with Gasteiger partial charge in [0.15, 0.2) is 5.82 Å². The van der Waals surface area contributed by atoms with Gasteiger partial charge in [0.2, 0.25) is 11.2 Å². The number of halogens is 2. The maximum absolute atomic E-state index is 13.4. The van der Waals surface area contributed by atoms with E-state index < -0.39 is 10.0 Å². The second kappa shape index (κ2) is 11.5. The molecule has 0 bridgehead atoms. The molecule has 13 heteroatoms. The quantitative estimate of drug-likeness (QED) is 0.410. The van der Waals surface area contributed by atoms with E-state index in [-0.39, 0.29) is 36.4 Å². The lowest BCUT2D eigenvalue weighted by atomic mass is 10.00. The van der Waals surface area contributed by atoms with Gasteiger partial charge in [-0.3, -0.25) is 9.52 Å². The van der Waals surface area contributed by atoms with Crippen LogP contribution in [0.15, 0.2) is 53.6 Å². The van der Waals surface area contributed by atoms with Crippen LogP contribution in [0.1, 0.15) is 27.3 Å². The smallest absolute Gasteiger partial charge is 0.263 e. The van der Waals surface area contributed by atoms with E-state index in [1.807, 2.05) is 36.1 Å². The lowest BCUT2D eigenvalue weighted by molar-refractivity contribution is -0.132. The van der Waals surface area contributed by atoms with Crippen LogP contribution in [0.25, 0.3) is 0 Å². The zero-order chi connectivity index (χ0) is 28.4. The number of hydrogen-bond acceptors (Lipinski definition) is 8. The fourth-order valence-electron chi connectivity index (χ4n) is 5.12. The Labute approximate surface area is 246 Å². The van der Waals surface area contributed by atoms with Crippen LogP contribution >= 0.6 is 23.2 Å². The van der Waals surface area contributed by atoms with Crippen molar-refractivity contribution in [1.29, 1.82) is 5.26 Å². The number of anilines is 3. The number of benzene rings is 2. The number of sulfonamides is 1. The van der Waals surface area contributed by atoms with E-state index in [4.69, 9.17) is 23.2 Å². The Balaban J connectivity index is 0.00000242. The minimum absolute atomic E-state index is 0. The van der Waals surface area contributed by atoms with Crippen LogP contribution in [0.3, 0.4) is 0 Å². The molecule has 10 nitrogen and oxygen atoms in total. The first kappa shape index (κ1) is 28.0. The molecule has 5 rings (SSSR count). The fraction of sp³-hybridized carbons (Fsp3) is 0.333. The third kappa shape index (κ3) is 5.80. The van der Waals surface area contributed by atoms with Gasteiger partial charge in [0.1, 0.15) is 17.7 Å². The van der Waals surface area contributed by atoms with Crippen molar-refractivity contribution in [1.82, 2.24) is 14.9 Å². The summed E-state index contributed by atoms with van der Waals surface area (Å²) in [4.78, 5) is 27.1. The second-order valence-corrected chi connectivity index (χ2v) is 12.1. The average Bonchev–Trinajstić information content (AvgIpc) is 2.96. The molecule has 3 heterocycles. The summed E-state index contributed by atoms with van der Waals surface area (Å²) >= 11 is 11.9. The normalized spacial score (nSPS) is 16.2. The molecule has 2 aliphatic rings. The standard InChI is InChI=1S/C27H27Cl2N7O3S.2H2/c1-18(36-10-2-3-19-15-21(28)4-9-24(19)36)26(37)35-13-11-34(12-14-35)22-5-7-23(8-6-22)40(38,39)33-25-20(16-30)17-31-27(29)32-25;;/h4-9,15,17-18H,2-3,10-14H2,1H3,(H,31,32,33);2*1H/t18-;;/m1../s1. The molecule has 2 aromatic carbocycles. The van der Waals surface area contributed by atoms with Crippen molar-refractivity contribution in [2.75, 3.05) is 47.2 Å². The molecular weight excluding hydrogens is 573 g/mol. The molecule has 0 unspecified atom stereocenters. The van der Waals surface area contributed by atoms with Crippen LogP contribution in [-0.2, 0) is 21.2 Å². The molecule has 3 aromatic rings. The molecule has 0 radical (unpaired) electrons. The number of carbonyl (C=O) groups excluding carboxylic acids is 1. The van der Waals surface area contributed by atoms with Gasteiger partial charge in [-0.25, -0.2) is 13.4 Å². The largest absolute Gasteiger partial charge is 0.368 e. The molecule has 1 saturated heterocycles. The van der Waals surface area contributed by atoms with E-state index >= 15 is 0 Å². The van der Waals surface area contributed by atoms with Gasteiger partial charge in [0.05, 0.1) is 11.1 Å². The lowest BCUT2D eigenvalue weighted by Crippen LogP contribution is -2.55. The predicted octanol–water partition coefficient (Wildman–Crippen LogP) is 4.44. The Morgan fingerprint density at radius 3 is 2.52 bits per heavy atom. The van der Waals surface area contributed by atoms with Crippen molar-refractivity contribution in [2.45, 2.75) is 30.7 Å². The molecule has 1 N–H and O–H groups in total. The van der Waals surface area contributed by atoms with Crippen LogP contribution in [0.2, 0.25) is 10.3 Å². The van der Waals surface area contributed by atoms with E-state index in [0.717, 1.165) is 37.0 Å².